The molecule has 0 fully saturated rings. The summed E-state index contributed by atoms with van der Waals surface area (Å²) in [5, 5.41) is 1.06. The zero-order valence-corrected chi connectivity index (χ0v) is 11.9. The number of hydrogen-bond donors (Lipinski definition) is 0. The van der Waals surface area contributed by atoms with Crippen LogP contribution in [0.15, 0.2) is 48.5 Å². The molecule has 0 aliphatic rings. The van der Waals surface area contributed by atoms with Crippen molar-refractivity contribution in [3.05, 3.63) is 75.3 Å². The van der Waals surface area contributed by atoms with Gasteiger partial charge < -0.3 is 0 Å². The topological polar surface area (TPSA) is 17.1 Å². The second kappa shape index (κ2) is 6.05. The van der Waals surface area contributed by atoms with E-state index >= 15 is 0 Å². The van der Waals surface area contributed by atoms with E-state index in [0.717, 1.165) is 5.56 Å². The Kier molecular flexibility index (Phi) is 4.41. The SMILES string of the molecule is Cc1cccc(C(=O)/C=C/c2c(Cl)cccc2Cl)c1. The van der Waals surface area contributed by atoms with Crippen molar-refractivity contribution in [3.8, 4) is 0 Å². The predicted octanol–water partition coefficient (Wildman–Crippen LogP) is 5.20. The Morgan fingerprint density at radius 3 is 2.32 bits per heavy atom. The van der Waals surface area contributed by atoms with Gasteiger partial charge in [-0.1, -0.05) is 53.0 Å². The van der Waals surface area contributed by atoms with Gasteiger partial charge in [0.05, 0.1) is 0 Å². The number of allylic oxidation sites excluding steroid dienone is 1. The Labute approximate surface area is 122 Å². The Morgan fingerprint density at radius 1 is 1.05 bits per heavy atom. The molecule has 2 rings (SSSR count). The first kappa shape index (κ1) is 13.9. The molecule has 0 aromatic heterocycles. The highest BCUT2D eigenvalue weighted by Crippen LogP contribution is 2.25. The Morgan fingerprint density at radius 2 is 1.68 bits per heavy atom. The average Bonchev–Trinajstić information content (AvgIpc) is 2.38. The van der Waals surface area contributed by atoms with Gasteiger partial charge in [0.15, 0.2) is 5.78 Å². The second-order valence-electron chi connectivity index (χ2n) is 4.20. The number of ketones is 1. The van der Waals surface area contributed by atoms with E-state index in [0.29, 0.717) is 21.2 Å². The summed E-state index contributed by atoms with van der Waals surface area (Å²) in [6.45, 7) is 1.95. The van der Waals surface area contributed by atoms with Gasteiger partial charge in [-0.05, 0) is 37.3 Å². The molecular formula is C16H12Cl2O. The Balaban J connectivity index is 2.26. The quantitative estimate of drug-likeness (QED) is 0.561. The van der Waals surface area contributed by atoms with Crippen molar-refractivity contribution in [2.75, 3.05) is 0 Å². The fourth-order valence-corrected chi connectivity index (χ4v) is 2.25. The molecule has 2 aromatic rings. The van der Waals surface area contributed by atoms with Crippen LogP contribution in [0.5, 0.6) is 0 Å². The van der Waals surface area contributed by atoms with Crippen LogP contribution >= 0.6 is 23.2 Å². The minimum absolute atomic E-state index is 0.0697. The van der Waals surface area contributed by atoms with E-state index in [2.05, 4.69) is 0 Å². The zero-order chi connectivity index (χ0) is 13.8. The fraction of sp³-hybridized carbons (Fsp3) is 0.0625. The summed E-state index contributed by atoms with van der Waals surface area (Å²) in [6, 6.07) is 12.7. The van der Waals surface area contributed by atoms with Gasteiger partial charge in [0.1, 0.15) is 0 Å². The molecule has 0 saturated heterocycles. The van der Waals surface area contributed by atoms with Gasteiger partial charge in [-0.25, -0.2) is 0 Å². The zero-order valence-electron chi connectivity index (χ0n) is 10.4. The summed E-state index contributed by atoms with van der Waals surface area (Å²) < 4.78 is 0. The summed E-state index contributed by atoms with van der Waals surface area (Å²) in [6.07, 6.45) is 3.14. The van der Waals surface area contributed by atoms with Crippen molar-refractivity contribution < 1.29 is 4.79 Å². The van der Waals surface area contributed by atoms with E-state index in [1.807, 2.05) is 25.1 Å². The van der Waals surface area contributed by atoms with Crippen molar-refractivity contribution in [1.29, 1.82) is 0 Å². The number of hydrogen-bond acceptors (Lipinski definition) is 1. The minimum atomic E-state index is -0.0697. The summed E-state index contributed by atoms with van der Waals surface area (Å²) in [5.74, 6) is -0.0697. The van der Waals surface area contributed by atoms with Gasteiger partial charge in [0.2, 0.25) is 0 Å². The maximum absolute atomic E-state index is 12.0. The molecule has 0 heterocycles. The average molecular weight is 291 g/mol. The van der Waals surface area contributed by atoms with Crippen molar-refractivity contribution in [1.82, 2.24) is 0 Å². The molecule has 0 amide bonds. The van der Waals surface area contributed by atoms with Crippen LogP contribution in [0.2, 0.25) is 10.0 Å². The lowest BCUT2D eigenvalue weighted by molar-refractivity contribution is 0.104. The van der Waals surface area contributed by atoms with Crippen molar-refractivity contribution >= 4 is 35.1 Å². The van der Waals surface area contributed by atoms with Crippen LogP contribution < -0.4 is 0 Å². The summed E-state index contributed by atoms with van der Waals surface area (Å²) >= 11 is 12.1. The van der Waals surface area contributed by atoms with E-state index in [9.17, 15) is 4.79 Å². The molecule has 0 aliphatic heterocycles. The van der Waals surface area contributed by atoms with E-state index in [1.54, 1.807) is 30.3 Å². The third-order valence-electron chi connectivity index (χ3n) is 2.70. The Bertz CT molecular complexity index is 625. The van der Waals surface area contributed by atoms with Crippen molar-refractivity contribution in [3.63, 3.8) is 0 Å². The maximum Gasteiger partial charge on any atom is 0.185 e. The third kappa shape index (κ3) is 3.46. The van der Waals surface area contributed by atoms with Crippen LogP contribution in [0.25, 0.3) is 6.08 Å². The Hall–Kier alpha value is -1.57. The van der Waals surface area contributed by atoms with Gasteiger partial charge in [0.25, 0.3) is 0 Å². The summed E-state index contributed by atoms with van der Waals surface area (Å²) in [7, 11) is 0. The molecule has 0 spiro atoms. The lowest BCUT2D eigenvalue weighted by Crippen LogP contribution is -1.94. The van der Waals surface area contributed by atoms with Gasteiger partial charge in [0, 0.05) is 21.2 Å². The molecule has 2 aromatic carbocycles. The first-order valence-corrected chi connectivity index (χ1v) is 6.56. The lowest BCUT2D eigenvalue weighted by atomic mass is 10.1. The molecule has 19 heavy (non-hydrogen) atoms. The van der Waals surface area contributed by atoms with Crippen LogP contribution in [0.1, 0.15) is 21.5 Å². The number of aryl methyl sites for hydroxylation is 1. The molecule has 0 N–H and O–H groups in total. The number of benzene rings is 2. The molecule has 0 atom stereocenters. The molecule has 0 bridgehead atoms. The lowest BCUT2D eigenvalue weighted by Gasteiger charge is -2.01. The number of halogens is 2. The first-order valence-electron chi connectivity index (χ1n) is 5.81. The van der Waals surface area contributed by atoms with Crippen LogP contribution in [0.4, 0.5) is 0 Å². The molecule has 0 radical (unpaired) electrons. The normalized spacial score (nSPS) is 10.9. The van der Waals surface area contributed by atoms with Gasteiger partial charge in [-0.15, -0.1) is 0 Å². The highest BCUT2D eigenvalue weighted by atomic mass is 35.5. The predicted molar refractivity (Wildman–Crippen MR) is 81.0 cm³/mol. The van der Waals surface area contributed by atoms with Crippen molar-refractivity contribution in [2.45, 2.75) is 6.92 Å². The third-order valence-corrected chi connectivity index (χ3v) is 3.36. The van der Waals surface area contributed by atoms with Crippen LogP contribution in [-0.2, 0) is 0 Å². The number of carbonyl (C=O) groups is 1. The van der Waals surface area contributed by atoms with Gasteiger partial charge in [-0.2, -0.15) is 0 Å². The molecule has 1 nitrogen and oxygen atoms in total. The standard InChI is InChI=1S/C16H12Cl2O/c1-11-4-2-5-12(10-11)16(19)9-8-13-14(17)6-3-7-15(13)18/h2-10H,1H3/b9-8+. The van der Waals surface area contributed by atoms with E-state index < -0.39 is 0 Å². The highest BCUT2D eigenvalue weighted by Gasteiger charge is 2.04. The largest absolute Gasteiger partial charge is 0.289 e. The maximum atomic E-state index is 12.0. The second-order valence-corrected chi connectivity index (χ2v) is 5.02. The van der Waals surface area contributed by atoms with E-state index in [-0.39, 0.29) is 5.78 Å². The van der Waals surface area contributed by atoms with Crippen LogP contribution in [0.3, 0.4) is 0 Å². The monoisotopic (exact) mass is 290 g/mol. The number of rotatable bonds is 3. The smallest absolute Gasteiger partial charge is 0.185 e. The van der Waals surface area contributed by atoms with E-state index in [1.165, 1.54) is 6.08 Å². The molecule has 0 unspecified atom stereocenters. The molecular weight excluding hydrogens is 279 g/mol. The first-order chi connectivity index (χ1) is 9.08. The van der Waals surface area contributed by atoms with E-state index in [4.69, 9.17) is 23.2 Å². The minimum Gasteiger partial charge on any atom is -0.289 e. The number of carbonyl (C=O) groups excluding carboxylic acids is 1. The van der Waals surface area contributed by atoms with Crippen LogP contribution in [-0.4, -0.2) is 5.78 Å². The highest BCUT2D eigenvalue weighted by molar-refractivity contribution is 6.37. The van der Waals surface area contributed by atoms with Crippen molar-refractivity contribution in [2.24, 2.45) is 0 Å². The molecule has 0 aliphatic carbocycles. The van der Waals surface area contributed by atoms with Crippen LogP contribution in [0, 0.1) is 6.92 Å². The molecule has 96 valence electrons. The summed E-state index contributed by atoms with van der Waals surface area (Å²) in [5.41, 5.74) is 2.36. The van der Waals surface area contributed by atoms with Gasteiger partial charge in [-0.3, -0.25) is 4.79 Å². The fourth-order valence-electron chi connectivity index (χ4n) is 1.72. The molecule has 0 saturated carbocycles. The molecule has 3 heteroatoms. The summed E-state index contributed by atoms with van der Waals surface area (Å²) in [4.78, 5) is 12.0. The van der Waals surface area contributed by atoms with Gasteiger partial charge >= 0.3 is 0 Å².